The van der Waals surface area contributed by atoms with Crippen molar-refractivity contribution >= 4 is 12.1 Å². The van der Waals surface area contributed by atoms with Gasteiger partial charge in [0.1, 0.15) is 0 Å². The molecule has 0 fully saturated rings. The Hall–Kier alpha value is -2.36. The van der Waals surface area contributed by atoms with Crippen LogP contribution in [0.1, 0.15) is 28.6 Å². The molecule has 0 radical (unpaired) electrons. The second-order valence-electron chi connectivity index (χ2n) is 4.09. The van der Waals surface area contributed by atoms with Gasteiger partial charge in [-0.25, -0.2) is 5.01 Å². The maximum Gasteiger partial charge on any atom is 0.310 e. The standard InChI is InChI=1S/C14H12N2O2/c17-14(13-7-4-10-18-13)16-12(8-9-15-16)11-5-2-1-3-6-11/h1-7,9-10,12H,8H2. The Bertz CT molecular complexity index is 561. The van der Waals surface area contributed by atoms with E-state index in [2.05, 4.69) is 5.10 Å². The summed E-state index contributed by atoms with van der Waals surface area (Å²) in [4.78, 5) is 12.2. The van der Waals surface area contributed by atoms with E-state index >= 15 is 0 Å². The molecular formula is C14H12N2O2. The first kappa shape index (κ1) is 10.8. The Morgan fingerprint density at radius 2 is 2.06 bits per heavy atom. The topological polar surface area (TPSA) is 45.8 Å². The molecule has 1 aromatic heterocycles. The van der Waals surface area contributed by atoms with Crippen molar-refractivity contribution in [1.29, 1.82) is 0 Å². The SMILES string of the molecule is O=C(c1ccco1)N1N=CCC1c1ccccc1. The molecule has 18 heavy (non-hydrogen) atoms. The van der Waals surface area contributed by atoms with Crippen molar-refractivity contribution in [2.45, 2.75) is 12.5 Å². The molecule has 1 unspecified atom stereocenters. The molecule has 0 saturated carbocycles. The van der Waals surface area contributed by atoms with E-state index in [1.54, 1.807) is 18.3 Å². The molecule has 0 saturated heterocycles. The average Bonchev–Trinajstić information content (AvgIpc) is 3.10. The molecule has 1 aromatic carbocycles. The van der Waals surface area contributed by atoms with Gasteiger partial charge in [0.2, 0.25) is 0 Å². The number of amides is 1. The Morgan fingerprint density at radius 3 is 2.78 bits per heavy atom. The van der Waals surface area contributed by atoms with Gasteiger partial charge in [-0.05, 0) is 17.7 Å². The van der Waals surface area contributed by atoms with Crippen LogP contribution in [-0.2, 0) is 0 Å². The molecule has 2 heterocycles. The van der Waals surface area contributed by atoms with Crippen molar-refractivity contribution in [2.75, 3.05) is 0 Å². The van der Waals surface area contributed by atoms with Gasteiger partial charge < -0.3 is 4.42 Å². The number of hydrazone groups is 1. The number of hydrogen-bond acceptors (Lipinski definition) is 3. The fourth-order valence-corrected chi connectivity index (χ4v) is 2.07. The second kappa shape index (κ2) is 4.49. The third kappa shape index (κ3) is 1.82. The van der Waals surface area contributed by atoms with Gasteiger partial charge in [0.15, 0.2) is 5.76 Å². The summed E-state index contributed by atoms with van der Waals surface area (Å²) in [6, 6.07) is 13.2. The van der Waals surface area contributed by atoms with Crippen molar-refractivity contribution < 1.29 is 9.21 Å². The summed E-state index contributed by atoms with van der Waals surface area (Å²) in [5, 5.41) is 5.63. The highest BCUT2D eigenvalue weighted by Gasteiger charge is 2.30. The van der Waals surface area contributed by atoms with E-state index < -0.39 is 0 Å². The fourth-order valence-electron chi connectivity index (χ4n) is 2.07. The van der Waals surface area contributed by atoms with Crippen LogP contribution in [-0.4, -0.2) is 17.1 Å². The fraction of sp³-hybridized carbons (Fsp3) is 0.143. The summed E-state index contributed by atoms with van der Waals surface area (Å²) < 4.78 is 5.13. The zero-order valence-corrected chi connectivity index (χ0v) is 9.69. The normalized spacial score (nSPS) is 18.2. The molecule has 4 nitrogen and oxygen atoms in total. The Labute approximate surface area is 105 Å². The summed E-state index contributed by atoms with van der Waals surface area (Å²) in [5.41, 5.74) is 1.08. The lowest BCUT2D eigenvalue weighted by molar-refractivity contribution is 0.0678. The molecule has 0 bridgehead atoms. The highest BCUT2D eigenvalue weighted by Crippen LogP contribution is 2.29. The summed E-state index contributed by atoms with van der Waals surface area (Å²) in [5.74, 6) is 0.109. The summed E-state index contributed by atoms with van der Waals surface area (Å²) in [6.45, 7) is 0. The van der Waals surface area contributed by atoms with Crippen LogP contribution in [0.25, 0.3) is 0 Å². The molecule has 1 amide bonds. The molecule has 4 heteroatoms. The largest absolute Gasteiger partial charge is 0.459 e. The maximum absolute atomic E-state index is 12.2. The molecule has 2 aromatic rings. The zero-order valence-electron chi connectivity index (χ0n) is 9.69. The third-order valence-corrected chi connectivity index (χ3v) is 2.95. The van der Waals surface area contributed by atoms with E-state index in [1.807, 2.05) is 30.3 Å². The first-order valence-corrected chi connectivity index (χ1v) is 5.81. The van der Waals surface area contributed by atoms with Crippen LogP contribution in [0.15, 0.2) is 58.2 Å². The number of benzene rings is 1. The molecule has 1 atom stereocenters. The van der Waals surface area contributed by atoms with Gasteiger partial charge in [-0.15, -0.1) is 0 Å². The molecular weight excluding hydrogens is 228 g/mol. The molecule has 0 aliphatic carbocycles. The van der Waals surface area contributed by atoms with E-state index in [0.29, 0.717) is 5.76 Å². The van der Waals surface area contributed by atoms with E-state index in [1.165, 1.54) is 11.3 Å². The number of rotatable bonds is 2. The minimum atomic E-state index is -0.206. The number of furan rings is 1. The lowest BCUT2D eigenvalue weighted by atomic mass is 10.0. The van der Waals surface area contributed by atoms with Crippen LogP contribution in [0.4, 0.5) is 0 Å². The van der Waals surface area contributed by atoms with Gasteiger partial charge in [0.25, 0.3) is 0 Å². The van der Waals surface area contributed by atoms with Crippen molar-refractivity contribution in [1.82, 2.24) is 5.01 Å². The zero-order chi connectivity index (χ0) is 12.4. The molecule has 0 N–H and O–H groups in total. The third-order valence-electron chi connectivity index (χ3n) is 2.95. The van der Waals surface area contributed by atoms with Crippen LogP contribution < -0.4 is 0 Å². The van der Waals surface area contributed by atoms with E-state index in [4.69, 9.17) is 4.42 Å². The smallest absolute Gasteiger partial charge is 0.310 e. The number of nitrogens with zero attached hydrogens (tertiary/aromatic N) is 2. The van der Waals surface area contributed by atoms with Gasteiger partial charge >= 0.3 is 5.91 Å². The van der Waals surface area contributed by atoms with Gasteiger partial charge in [0, 0.05) is 12.6 Å². The first-order chi connectivity index (χ1) is 8.86. The predicted octanol–water partition coefficient (Wildman–Crippen LogP) is 2.85. The van der Waals surface area contributed by atoms with Crippen molar-refractivity contribution in [2.24, 2.45) is 5.10 Å². The maximum atomic E-state index is 12.2. The van der Waals surface area contributed by atoms with Crippen LogP contribution >= 0.6 is 0 Å². The predicted molar refractivity (Wildman–Crippen MR) is 67.2 cm³/mol. The summed E-state index contributed by atoms with van der Waals surface area (Å²) in [6.07, 6.45) is 3.99. The molecule has 0 spiro atoms. The lowest BCUT2D eigenvalue weighted by Crippen LogP contribution is -2.26. The second-order valence-corrected chi connectivity index (χ2v) is 4.09. The van der Waals surface area contributed by atoms with E-state index in [0.717, 1.165) is 12.0 Å². The summed E-state index contributed by atoms with van der Waals surface area (Å²) in [7, 11) is 0. The molecule has 1 aliphatic heterocycles. The van der Waals surface area contributed by atoms with Gasteiger partial charge in [-0.3, -0.25) is 4.79 Å². The van der Waals surface area contributed by atoms with Crippen molar-refractivity contribution in [3.05, 3.63) is 60.1 Å². The molecule has 3 rings (SSSR count). The Kier molecular flexibility index (Phi) is 2.68. The van der Waals surface area contributed by atoms with E-state index in [9.17, 15) is 4.79 Å². The quantitative estimate of drug-likeness (QED) is 0.810. The Morgan fingerprint density at radius 1 is 1.22 bits per heavy atom. The van der Waals surface area contributed by atoms with Gasteiger partial charge in [-0.2, -0.15) is 5.10 Å². The monoisotopic (exact) mass is 240 g/mol. The number of carbonyl (C=O) groups is 1. The van der Waals surface area contributed by atoms with Crippen LogP contribution in [0, 0.1) is 0 Å². The van der Waals surface area contributed by atoms with Crippen molar-refractivity contribution in [3.8, 4) is 0 Å². The molecule has 1 aliphatic rings. The lowest BCUT2D eigenvalue weighted by Gasteiger charge is -2.21. The average molecular weight is 240 g/mol. The first-order valence-electron chi connectivity index (χ1n) is 5.81. The number of hydrogen-bond donors (Lipinski definition) is 0. The van der Waals surface area contributed by atoms with Gasteiger partial charge in [-0.1, -0.05) is 30.3 Å². The van der Waals surface area contributed by atoms with Crippen molar-refractivity contribution in [3.63, 3.8) is 0 Å². The molecule has 90 valence electrons. The van der Waals surface area contributed by atoms with E-state index in [-0.39, 0.29) is 11.9 Å². The van der Waals surface area contributed by atoms with Crippen LogP contribution in [0.2, 0.25) is 0 Å². The number of carbonyl (C=O) groups excluding carboxylic acids is 1. The van der Waals surface area contributed by atoms with Crippen LogP contribution in [0.3, 0.4) is 0 Å². The van der Waals surface area contributed by atoms with Gasteiger partial charge in [0.05, 0.1) is 12.3 Å². The summed E-state index contributed by atoms with van der Waals surface area (Å²) >= 11 is 0. The highest BCUT2D eigenvalue weighted by atomic mass is 16.3. The minimum absolute atomic E-state index is 0.0381. The Balaban J connectivity index is 1.88. The highest BCUT2D eigenvalue weighted by molar-refractivity contribution is 5.92. The minimum Gasteiger partial charge on any atom is -0.459 e. The van der Waals surface area contributed by atoms with Crippen LogP contribution in [0.5, 0.6) is 0 Å².